The van der Waals surface area contributed by atoms with Crippen LogP contribution in [0.1, 0.15) is 19.3 Å². The van der Waals surface area contributed by atoms with E-state index in [1.54, 1.807) is 0 Å². The fourth-order valence-electron chi connectivity index (χ4n) is 2.69. The molecule has 2 aliphatic heterocycles. The van der Waals surface area contributed by atoms with Crippen LogP contribution in [0.4, 0.5) is 0 Å². The van der Waals surface area contributed by atoms with Crippen LogP contribution < -0.4 is 10.0 Å². The summed E-state index contributed by atoms with van der Waals surface area (Å²) in [6, 6.07) is 0.762. The van der Waals surface area contributed by atoms with E-state index in [-0.39, 0.29) is 30.9 Å². The van der Waals surface area contributed by atoms with Crippen LogP contribution in [0, 0.1) is 0 Å². The van der Waals surface area contributed by atoms with Gasteiger partial charge in [0.25, 0.3) is 0 Å². The standard InChI is InChI=1S/C10H21N3O2S.2ClH/c1-16(14,15)12-9-4-7-13(8-9)10-2-5-11-6-3-10;;/h9-12H,2-8H2,1H3;2*1H/t9-;;/m1../s1. The third-order valence-electron chi connectivity index (χ3n) is 3.43. The minimum atomic E-state index is -3.05. The molecule has 5 nitrogen and oxygen atoms in total. The van der Waals surface area contributed by atoms with Gasteiger partial charge >= 0.3 is 0 Å². The van der Waals surface area contributed by atoms with E-state index in [9.17, 15) is 8.42 Å². The summed E-state index contributed by atoms with van der Waals surface area (Å²) in [7, 11) is -3.05. The van der Waals surface area contributed by atoms with E-state index < -0.39 is 10.0 Å². The second-order valence-electron chi connectivity index (χ2n) is 4.85. The molecule has 0 amide bonds. The van der Waals surface area contributed by atoms with Crippen molar-refractivity contribution in [3.63, 3.8) is 0 Å². The molecule has 110 valence electrons. The lowest BCUT2D eigenvalue weighted by atomic mass is 10.1. The van der Waals surface area contributed by atoms with Crippen LogP contribution in [-0.2, 0) is 10.0 Å². The lowest BCUT2D eigenvalue weighted by Gasteiger charge is -2.31. The van der Waals surface area contributed by atoms with Crippen LogP contribution in [0.15, 0.2) is 0 Å². The molecule has 2 aliphatic rings. The minimum absolute atomic E-state index is 0. The second kappa shape index (κ2) is 7.87. The highest BCUT2D eigenvalue weighted by Gasteiger charge is 2.30. The van der Waals surface area contributed by atoms with Crippen LogP contribution in [-0.4, -0.2) is 57.8 Å². The SMILES string of the molecule is CS(=O)(=O)N[C@@H]1CCN(C2CCNCC2)C1.Cl.Cl. The van der Waals surface area contributed by atoms with Gasteiger partial charge in [0.1, 0.15) is 0 Å². The van der Waals surface area contributed by atoms with Crippen molar-refractivity contribution in [3.8, 4) is 0 Å². The Morgan fingerprint density at radius 2 is 1.78 bits per heavy atom. The highest BCUT2D eigenvalue weighted by Crippen LogP contribution is 2.18. The molecule has 0 aromatic rings. The lowest BCUT2D eigenvalue weighted by Crippen LogP contribution is -2.44. The first-order valence-electron chi connectivity index (χ1n) is 5.97. The van der Waals surface area contributed by atoms with Crippen molar-refractivity contribution in [1.29, 1.82) is 0 Å². The van der Waals surface area contributed by atoms with Gasteiger partial charge in [0.05, 0.1) is 6.26 Å². The Morgan fingerprint density at radius 1 is 1.17 bits per heavy atom. The molecule has 2 heterocycles. The number of halogens is 2. The van der Waals surface area contributed by atoms with Crippen molar-refractivity contribution in [1.82, 2.24) is 14.9 Å². The van der Waals surface area contributed by atoms with Gasteiger partial charge in [0.2, 0.25) is 10.0 Å². The molecule has 0 aromatic carbocycles. The Labute approximate surface area is 122 Å². The van der Waals surface area contributed by atoms with E-state index in [1.165, 1.54) is 19.1 Å². The molecule has 1 atom stereocenters. The zero-order chi connectivity index (χ0) is 11.6. The molecular weight excluding hydrogens is 297 g/mol. The van der Waals surface area contributed by atoms with E-state index in [0.29, 0.717) is 6.04 Å². The normalized spacial score (nSPS) is 26.4. The van der Waals surface area contributed by atoms with Gasteiger partial charge in [-0.05, 0) is 32.4 Å². The van der Waals surface area contributed by atoms with Crippen molar-refractivity contribution in [3.05, 3.63) is 0 Å². The van der Waals surface area contributed by atoms with E-state index in [1.807, 2.05) is 0 Å². The summed E-state index contributed by atoms with van der Waals surface area (Å²) in [5.74, 6) is 0. The number of nitrogens with zero attached hydrogens (tertiary/aromatic N) is 1. The van der Waals surface area contributed by atoms with Crippen LogP contribution in [0.2, 0.25) is 0 Å². The van der Waals surface area contributed by atoms with Crippen molar-refractivity contribution in [2.45, 2.75) is 31.3 Å². The van der Waals surface area contributed by atoms with E-state index >= 15 is 0 Å². The van der Waals surface area contributed by atoms with Crippen molar-refractivity contribution < 1.29 is 8.42 Å². The molecule has 2 fully saturated rings. The molecule has 18 heavy (non-hydrogen) atoms. The molecule has 0 aromatic heterocycles. The summed E-state index contributed by atoms with van der Waals surface area (Å²) >= 11 is 0. The van der Waals surface area contributed by atoms with Gasteiger partial charge in [0, 0.05) is 25.2 Å². The zero-order valence-corrected chi connectivity index (χ0v) is 13.0. The Kier molecular flexibility index (Phi) is 8.05. The number of hydrogen-bond donors (Lipinski definition) is 2. The van der Waals surface area contributed by atoms with Crippen LogP contribution >= 0.6 is 24.8 Å². The van der Waals surface area contributed by atoms with Gasteiger partial charge < -0.3 is 5.32 Å². The van der Waals surface area contributed by atoms with Crippen LogP contribution in [0.25, 0.3) is 0 Å². The summed E-state index contributed by atoms with van der Waals surface area (Å²) in [4.78, 5) is 2.43. The van der Waals surface area contributed by atoms with E-state index in [0.717, 1.165) is 32.6 Å². The fraction of sp³-hybridized carbons (Fsp3) is 1.00. The zero-order valence-electron chi connectivity index (χ0n) is 10.6. The third kappa shape index (κ3) is 5.59. The molecule has 2 rings (SSSR count). The maximum Gasteiger partial charge on any atom is 0.208 e. The van der Waals surface area contributed by atoms with Crippen molar-refractivity contribution >= 4 is 34.8 Å². The molecule has 0 radical (unpaired) electrons. The summed E-state index contributed by atoms with van der Waals surface area (Å²) in [6.45, 7) is 4.08. The summed E-state index contributed by atoms with van der Waals surface area (Å²) in [5.41, 5.74) is 0. The fourth-order valence-corrected chi connectivity index (χ4v) is 3.49. The molecule has 0 aliphatic carbocycles. The number of rotatable bonds is 3. The van der Waals surface area contributed by atoms with Crippen LogP contribution in [0.5, 0.6) is 0 Å². The highest BCUT2D eigenvalue weighted by molar-refractivity contribution is 7.88. The minimum Gasteiger partial charge on any atom is -0.317 e. The van der Waals surface area contributed by atoms with Gasteiger partial charge in [0.15, 0.2) is 0 Å². The van der Waals surface area contributed by atoms with Gasteiger partial charge in [-0.25, -0.2) is 13.1 Å². The second-order valence-corrected chi connectivity index (χ2v) is 6.63. The molecule has 0 saturated carbocycles. The number of sulfonamides is 1. The number of nitrogens with one attached hydrogen (secondary N) is 2. The first-order chi connectivity index (χ1) is 7.54. The predicted molar refractivity (Wildman–Crippen MR) is 78.3 cm³/mol. The number of likely N-dealkylation sites (tertiary alicyclic amines) is 1. The first kappa shape index (κ1) is 18.4. The Hall–Kier alpha value is 0.410. The predicted octanol–water partition coefficient (Wildman–Crippen LogP) is 0.205. The smallest absolute Gasteiger partial charge is 0.208 e. The molecule has 2 N–H and O–H groups in total. The average molecular weight is 320 g/mol. The molecule has 2 saturated heterocycles. The molecule has 0 unspecified atom stereocenters. The highest BCUT2D eigenvalue weighted by atomic mass is 35.5. The molecule has 0 spiro atoms. The quantitative estimate of drug-likeness (QED) is 0.780. The summed E-state index contributed by atoms with van der Waals surface area (Å²) in [5, 5.41) is 3.35. The van der Waals surface area contributed by atoms with E-state index in [4.69, 9.17) is 0 Å². The number of piperidine rings is 1. The van der Waals surface area contributed by atoms with Gasteiger partial charge in [-0.1, -0.05) is 0 Å². The van der Waals surface area contributed by atoms with E-state index in [2.05, 4.69) is 14.9 Å². The van der Waals surface area contributed by atoms with Crippen LogP contribution in [0.3, 0.4) is 0 Å². The Balaban J connectivity index is 0.00000144. The Morgan fingerprint density at radius 3 is 2.33 bits per heavy atom. The summed E-state index contributed by atoms with van der Waals surface area (Å²) < 4.78 is 25.0. The first-order valence-corrected chi connectivity index (χ1v) is 7.86. The molecule has 8 heteroatoms. The maximum absolute atomic E-state index is 11.1. The topological polar surface area (TPSA) is 61.4 Å². The van der Waals surface area contributed by atoms with Gasteiger partial charge in [-0.3, -0.25) is 4.90 Å². The molecular formula is C10H23Cl2N3O2S. The number of hydrogen-bond acceptors (Lipinski definition) is 4. The molecule has 0 bridgehead atoms. The van der Waals surface area contributed by atoms with Gasteiger partial charge in [-0.2, -0.15) is 0 Å². The van der Waals surface area contributed by atoms with Crippen molar-refractivity contribution in [2.24, 2.45) is 0 Å². The summed E-state index contributed by atoms with van der Waals surface area (Å²) in [6.07, 6.45) is 4.55. The monoisotopic (exact) mass is 319 g/mol. The Bertz CT molecular complexity index is 334. The largest absolute Gasteiger partial charge is 0.317 e. The van der Waals surface area contributed by atoms with Crippen molar-refractivity contribution in [2.75, 3.05) is 32.4 Å². The maximum atomic E-state index is 11.1. The average Bonchev–Trinajstić information content (AvgIpc) is 2.65. The van der Waals surface area contributed by atoms with Gasteiger partial charge in [-0.15, -0.1) is 24.8 Å². The lowest BCUT2D eigenvalue weighted by molar-refractivity contribution is 0.196. The third-order valence-corrected chi connectivity index (χ3v) is 4.19.